The molecule has 2 bridgehead atoms. The first kappa shape index (κ1) is 16.4. The van der Waals surface area contributed by atoms with Gasteiger partial charge in [0.15, 0.2) is 0 Å². The maximum Gasteiger partial charge on any atom is 0.254 e. The molecule has 1 aromatic heterocycles. The van der Waals surface area contributed by atoms with Crippen LogP contribution in [0.3, 0.4) is 0 Å². The van der Waals surface area contributed by atoms with E-state index in [4.69, 9.17) is 0 Å². The van der Waals surface area contributed by atoms with Crippen molar-refractivity contribution in [1.29, 1.82) is 0 Å². The van der Waals surface area contributed by atoms with Crippen molar-refractivity contribution < 1.29 is 9.18 Å². The summed E-state index contributed by atoms with van der Waals surface area (Å²) in [6.45, 7) is 0. The molecule has 0 radical (unpaired) electrons. The maximum atomic E-state index is 13.2. The monoisotopic (exact) mass is 361 g/mol. The Labute approximate surface area is 157 Å². The van der Waals surface area contributed by atoms with Gasteiger partial charge in [0, 0.05) is 30.0 Å². The Morgan fingerprint density at radius 3 is 2.30 bits per heavy atom. The minimum absolute atomic E-state index is 0.0904. The molecular formula is C22H20FN3O. The molecule has 2 atom stereocenters. The third-order valence-corrected chi connectivity index (χ3v) is 6.03. The van der Waals surface area contributed by atoms with E-state index in [1.807, 2.05) is 30.3 Å². The Balaban J connectivity index is 1.39. The van der Waals surface area contributed by atoms with Crippen LogP contribution in [0.5, 0.6) is 0 Å². The number of hydrogen-bond donors (Lipinski definition) is 0. The summed E-state index contributed by atoms with van der Waals surface area (Å²) in [6, 6.07) is 12.9. The lowest BCUT2D eigenvalue weighted by Gasteiger charge is -2.39. The van der Waals surface area contributed by atoms with E-state index in [2.05, 4.69) is 14.9 Å². The number of benzene rings is 2. The Bertz CT molecular complexity index is 990. The third kappa shape index (κ3) is 2.87. The average Bonchev–Trinajstić information content (AvgIpc) is 2.97. The van der Waals surface area contributed by atoms with Crippen molar-refractivity contribution >= 4 is 16.9 Å². The molecule has 136 valence electrons. The number of fused-ring (bicyclic) bond motifs is 3. The number of carbonyl (C=O) groups excluding carboxylic acids is 1. The Hall–Kier alpha value is -2.82. The van der Waals surface area contributed by atoms with E-state index in [0.29, 0.717) is 11.5 Å². The van der Waals surface area contributed by atoms with Crippen molar-refractivity contribution in [1.82, 2.24) is 14.9 Å². The van der Waals surface area contributed by atoms with E-state index in [-0.39, 0.29) is 23.8 Å². The smallest absolute Gasteiger partial charge is 0.254 e. The highest BCUT2D eigenvalue weighted by Gasteiger charge is 2.43. The first-order valence-electron chi connectivity index (χ1n) is 9.48. The molecule has 4 nitrogen and oxygen atoms in total. The van der Waals surface area contributed by atoms with Crippen LogP contribution in [0.25, 0.3) is 11.0 Å². The number of aromatic nitrogens is 2. The zero-order valence-electron chi connectivity index (χ0n) is 14.9. The summed E-state index contributed by atoms with van der Waals surface area (Å²) in [4.78, 5) is 23.9. The zero-order chi connectivity index (χ0) is 18.4. The molecule has 1 amide bonds. The molecule has 2 unspecified atom stereocenters. The van der Waals surface area contributed by atoms with Crippen LogP contribution in [0.15, 0.2) is 54.9 Å². The van der Waals surface area contributed by atoms with Gasteiger partial charge in [0.1, 0.15) is 5.82 Å². The van der Waals surface area contributed by atoms with Crippen LogP contribution < -0.4 is 0 Å². The van der Waals surface area contributed by atoms with E-state index in [1.165, 1.54) is 17.7 Å². The lowest BCUT2D eigenvalue weighted by Crippen LogP contribution is -2.46. The fourth-order valence-electron chi connectivity index (χ4n) is 4.76. The minimum atomic E-state index is -0.200. The second-order valence-electron chi connectivity index (χ2n) is 7.58. The van der Waals surface area contributed by atoms with Crippen molar-refractivity contribution in [2.45, 2.75) is 43.7 Å². The normalized spacial score (nSPS) is 24.3. The van der Waals surface area contributed by atoms with Crippen LogP contribution in [0, 0.1) is 5.82 Å². The van der Waals surface area contributed by atoms with Gasteiger partial charge in [-0.3, -0.25) is 14.8 Å². The number of hydrogen-bond acceptors (Lipinski definition) is 3. The topological polar surface area (TPSA) is 46.1 Å². The highest BCUT2D eigenvalue weighted by molar-refractivity contribution is 5.97. The molecule has 2 aliphatic heterocycles. The summed E-state index contributed by atoms with van der Waals surface area (Å²) in [5.74, 6) is 0.288. The third-order valence-electron chi connectivity index (χ3n) is 6.03. The van der Waals surface area contributed by atoms with E-state index in [1.54, 1.807) is 12.4 Å². The molecule has 27 heavy (non-hydrogen) atoms. The van der Waals surface area contributed by atoms with Crippen LogP contribution in [0.4, 0.5) is 4.39 Å². The summed E-state index contributed by atoms with van der Waals surface area (Å²) in [6.07, 6.45) is 7.28. The second kappa shape index (κ2) is 6.41. The fraction of sp³-hybridized carbons (Fsp3) is 0.318. The quantitative estimate of drug-likeness (QED) is 0.683. The number of halogens is 1. The lowest BCUT2D eigenvalue weighted by atomic mass is 9.85. The summed E-state index contributed by atoms with van der Waals surface area (Å²) in [7, 11) is 0. The molecule has 0 N–H and O–H groups in total. The molecule has 0 spiro atoms. The molecule has 0 saturated carbocycles. The van der Waals surface area contributed by atoms with Gasteiger partial charge in [-0.1, -0.05) is 12.1 Å². The Morgan fingerprint density at radius 2 is 1.59 bits per heavy atom. The van der Waals surface area contributed by atoms with Crippen LogP contribution in [0.1, 0.15) is 47.5 Å². The van der Waals surface area contributed by atoms with Crippen LogP contribution in [0.2, 0.25) is 0 Å². The van der Waals surface area contributed by atoms with Crippen LogP contribution >= 0.6 is 0 Å². The molecule has 2 aromatic carbocycles. The predicted octanol–water partition coefficient (Wildman–Crippen LogP) is 4.32. The Morgan fingerprint density at radius 1 is 0.926 bits per heavy atom. The van der Waals surface area contributed by atoms with Gasteiger partial charge in [-0.15, -0.1) is 0 Å². The van der Waals surface area contributed by atoms with Gasteiger partial charge < -0.3 is 4.90 Å². The van der Waals surface area contributed by atoms with Crippen molar-refractivity contribution in [2.75, 3.05) is 0 Å². The molecule has 3 heterocycles. The number of rotatable bonds is 2. The van der Waals surface area contributed by atoms with E-state index in [0.717, 1.165) is 36.7 Å². The van der Waals surface area contributed by atoms with Crippen LogP contribution in [-0.4, -0.2) is 32.9 Å². The van der Waals surface area contributed by atoms with Crippen molar-refractivity contribution in [3.8, 4) is 0 Å². The summed E-state index contributed by atoms with van der Waals surface area (Å²) >= 11 is 0. The molecule has 2 saturated heterocycles. The highest BCUT2D eigenvalue weighted by Crippen LogP contribution is 2.43. The Kier molecular flexibility index (Phi) is 3.88. The largest absolute Gasteiger partial charge is 0.333 e. The van der Waals surface area contributed by atoms with Gasteiger partial charge in [0.25, 0.3) is 5.91 Å². The highest BCUT2D eigenvalue weighted by atomic mass is 19.1. The second-order valence-corrected chi connectivity index (χ2v) is 7.58. The molecule has 5 heteroatoms. The van der Waals surface area contributed by atoms with E-state index < -0.39 is 0 Å². The molecule has 3 aromatic rings. The van der Waals surface area contributed by atoms with E-state index in [9.17, 15) is 9.18 Å². The zero-order valence-corrected chi connectivity index (χ0v) is 14.9. The van der Waals surface area contributed by atoms with Gasteiger partial charge in [-0.25, -0.2) is 4.39 Å². The predicted molar refractivity (Wildman–Crippen MR) is 101 cm³/mol. The van der Waals surface area contributed by atoms with Gasteiger partial charge in [-0.05, 0) is 67.5 Å². The maximum absolute atomic E-state index is 13.2. The van der Waals surface area contributed by atoms with Gasteiger partial charge in [-0.2, -0.15) is 0 Å². The first-order chi connectivity index (χ1) is 13.2. The van der Waals surface area contributed by atoms with Gasteiger partial charge >= 0.3 is 0 Å². The fourth-order valence-corrected chi connectivity index (χ4v) is 4.76. The van der Waals surface area contributed by atoms with Crippen molar-refractivity contribution in [3.63, 3.8) is 0 Å². The molecule has 5 rings (SSSR count). The number of nitrogens with zero attached hydrogens (tertiary/aromatic N) is 3. The summed E-state index contributed by atoms with van der Waals surface area (Å²) in [5.41, 5.74) is 3.41. The number of carbonyl (C=O) groups is 1. The molecule has 2 aliphatic rings. The van der Waals surface area contributed by atoms with Gasteiger partial charge in [0.2, 0.25) is 0 Å². The van der Waals surface area contributed by atoms with Crippen LogP contribution in [-0.2, 0) is 0 Å². The standard InChI is InChI=1S/C22H20FN3O/c23-17-4-1-14(2-5-17)16-11-18-6-7-19(12-16)26(18)22(27)15-3-8-20-21(13-15)25-10-9-24-20/h1-5,8-10,13,16,18-19H,6-7,11-12H2. The molecule has 0 aliphatic carbocycles. The number of amides is 1. The average molecular weight is 361 g/mol. The SMILES string of the molecule is O=C(c1ccc2nccnc2c1)N1C2CCC1CC(c1ccc(F)cc1)C2. The molecule has 2 fully saturated rings. The van der Waals surface area contributed by atoms with Gasteiger partial charge in [0.05, 0.1) is 11.0 Å². The summed E-state index contributed by atoms with van der Waals surface area (Å²) in [5, 5.41) is 0. The number of piperidine rings is 1. The van der Waals surface area contributed by atoms with Crippen molar-refractivity contribution in [3.05, 3.63) is 71.8 Å². The van der Waals surface area contributed by atoms with E-state index >= 15 is 0 Å². The minimum Gasteiger partial charge on any atom is -0.333 e. The lowest BCUT2D eigenvalue weighted by molar-refractivity contribution is 0.0571. The first-order valence-corrected chi connectivity index (χ1v) is 9.48. The summed E-state index contributed by atoms with van der Waals surface area (Å²) < 4.78 is 13.2. The molecular weight excluding hydrogens is 341 g/mol. The van der Waals surface area contributed by atoms with Crippen molar-refractivity contribution in [2.24, 2.45) is 0 Å².